The van der Waals surface area contributed by atoms with Crippen molar-refractivity contribution >= 4 is 5.91 Å². The molecule has 2 rings (SSSR count). The Bertz CT molecular complexity index is 498. The number of nitriles is 1. The van der Waals surface area contributed by atoms with Gasteiger partial charge in [0.15, 0.2) is 0 Å². The molecule has 3 heteroatoms. The zero-order valence-corrected chi connectivity index (χ0v) is 12.1. The summed E-state index contributed by atoms with van der Waals surface area (Å²) in [7, 11) is 0. The quantitative estimate of drug-likeness (QED) is 0.914. The second kappa shape index (κ2) is 7.09. The van der Waals surface area contributed by atoms with E-state index in [0.29, 0.717) is 12.3 Å². The van der Waals surface area contributed by atoms with Crippen LogP contribution in [0, 0.1) is 24.2 Å². The van der Waals surface area contributed by atoms with Crippen molar-refractivity contribution < 1.29 is 4.79 Å². The highest BCUT2D eigenvalue weighted by atomic mass is 16.1. The Morgan fingerprint density at radius 3 is 2.70 bits per heavy atom. The molecule has 1 amide bonds. The van der Waals surface area contributed by atoms with Crippen molar-refractivity contribution in [3.05, 3.63) is 35.4 Å². The number of amides is 1. The predicted octanol–water partition coefficient (Wildman–Crippen LogP) is 3.13. The summed E-state index contributed by atoms with van der Waals surface area (Å²) in [4.78, 5) is 12.1. The van der Waals surface area contributed by atoms with Gasteiger partial charge in [-0.2, -0.15) is 5.26 Å². The maximum Gasteiger partial charge on any atom is 0.225 e. The molecule has 1 atom stereocenters. The van der Waals surface area contributed by atoms with Gasteiger partial charge in [-0.15, -0.1) is 0 Å². The van der Waals surface area contributed by atoms with Crippen LogP contribution < -0.4 is 5.32 Å². The summed E-state index contributed by atoms with van der Waals surface area (Å²) in [6.45, 7) is 2.01. The third kappa shape index (κ3) is 3.84. The van der Waals surface area contributed by atoms with Crippen LogP contribution in [0.2, 0.25) is 0 Å². The SMILES string of the molecule is Cc1ccccc1CC(=O)NC(C#N)C1CCCCC1. The van der Waals surface area contributed by atoms with Crippen LogP contribution in [0.5, 0.6) is 0 Å². The van der Waals surface area contributed by atoms with Crippen molar-refractivity contribution in [2.24, 2.45) is 5.92 Å². The fraction of sp³-hybridized carbons (Fsp3) is 0.529. The number of nitrogens with one attached hydrogen (secondary N) is 1. The predicted molar refractivity (Wildman–Crippen MR) is 79.0 cm³/mol. The minimum atomic E-state index is -0.327. The first-order chi connectivity index (χ1) is 9.70. The molecule has 0 spiro atoms. The van der Waals surface area contributed by atoms with Crippen molar-refractivity contribution in [2.75, 3.05) is 0 Å². The first-order valence-electron chi connectivity index (χ1n) is 7.44. The summed E-state index contributed by atoms with van der Waals surface area (Å²) in [6, 6.07) is 9.83. The van der Waals surface area contributed by atoms with E-state index >= 15 is 0 Å². The lowest BCUT2D eigenvalue weighted by molar-refractivity contribution is -0.121. The van der Waals surface area contributed by atoms with E-state index < -0.39 is 0 Å². The number of hydrogen-bond acceptors (Lipinski definition) is 2. The summed E-state index contributed by atoms with van der Waals surface area (Å²) in [5.74, 6) is 0.283. The molecule has 3 nitrogen and oxygen atoms in total. The Labute approximate surface area is 121 Å². The van der Waals surface area contributed by atoms with E-state index in [1.165, 1.54) is 19.3 Å². The molecule has 0 radical (unpaired) electrons. The fourth-order valence-corrected chi connectivity index (χ4v) is 2.93. The lowest BCUT2D eigenvalue weighted by Gasteiger charge is -2.26. The summed E-state index contributed by atoms with van der Waals surface area (Å²) >= 11 is 0. The van der Waals surface area contributed by atoms with Crippen LogP contribution in [-0.2, 0) is 11.2 Å². The molecular formula is C17H22N2O. The molecule has 0 aromatic heterocycles. The second-order valence-corrected chi connectivity index (χ2v) is 5.68. The van der Waals surface area contributed by atoms with Gasteiger partial charge >= 0.3 is 0 Å². The second-order valence-electron chi connectivity index (χ2n) is 5.68. The van der Waals surface area contributed by atoms with E-state index in [9.17, 15) is 10.1 Å². The van der Waals surface area contributed by atoms with Crippen LogP contribution >= 0.6 is 0 Å². The normalized spacial score (nSPS) is 17.2. The van der Waals surface area contributed by atoms with Crippen molar-refractivity contribution in [1.82, 2.24) is 5.32 Å². The average molecular weight is 270 g/mol. The lowest BCUT2D eigenvalue weighted by Crippen LogP contribution is -2.40. The largest absolute Gasteiger partial charge is 0.340 e. The molecule has 1 aromatic rings. The van der Waals surface area contributed by atoms with Gasteiger partial charge < -0.3 is 5.32 Å². The van der Waals surface area contributed by atoms with Crippen LogP contribution in [0.1, 0.15) is 43.2 Å². The molecule has 20 heavy (non-hydrogen) atoms. The van der Waals surface area contributed by atoms with E-state index in [2.05, 4.69) is 11.4 Å². The number of rotatable bonds is 4. The number of nitrogens with zero attached hydrogens (tertiary/aromatic N) is 1. The third-order valence-corrected chi connectivity index (χ3v) is 4.19. The van der Waals surface area contributed by atoms with E-state index in [1.807, 2.05) is 31.2 Å². The highest BCUT2D eigenvalue weighted by Crippen LogP contribution is 2.26. The van der Waals surface area contributed by atoms with Gasteiger partial charge in [-0.3, -0.25) is 4.79 Å². The lowest BCUT2D eigenvalue weighted by atomic mass is 9.84. The van der Waals surface area contributed by atoms with Gasteiger partial charge in [0.1, 0.15) is 6.04 Å². The Kier molecular flexibility index (Phi) is 5.17. The molecule has 1 aliphatic carbocycles. The molecular weight excluding hydrogens is 248 g/mol. The van der Waals surface area contributed by atoms with Gasteiger partial charge in [-0.25, -0.2) is 0 Å². The number of carbonyl (C=O) groups is 1. The van der Waals surface area contributed by atoms with Gasteiger partial charge in [0.25, 0.3) is 0 Å². The topological polar surface area (TPSA) is 52.9 Å². The molecule has 1 unspecified atom stereocenters. The standard InChI is InChI=1S/C17H22N2O/c1-13-7-5-6-10-15(13)11-17(20)19-16(12-18)14-8-3-2-4-9-14/h5-7,10,14,16H,2-4,8-9,11H2,1H3,(H,19,20). The molecule has 0 heterocycles. The minimum Gasteiger partial charge on any atom is -0.340 e. The molecule has 1 aliphatic rings. The molecule has 1 fully saturated rings. The maximum absolute atomic E-state index is 12.1. The van der Waals surface area contributed by atoms with E-state index in [1.54, 1.807) is 0 Å². The molecule has 106 valence electrons. The zero-order chi connectivity index (χ0) is 14.4. The third-order valence-electron chi connectivity index (χ3n) is 4.19. The smallest absolute Gasteiger partial charge is 0.225 e. The summed E-state index contributed by atoms with van der Waals surface area (Å²) in [5, 5.41) is 12.2. The number of aryl methyl sites for hydroxylation is 1. The Morgan fingerprint density at radius 2 is 2.05 bits per heavy atom. The molecule has 1 aromatic carbocycles. The van der Waals surface area contributed by atoms with Gasteiger partial charge in [0.05, 0.1) is 12.5 Å². The molecule has 0 aliphatic heterocycles. The summed E-state index contributed by atoms with van der Waals surface area (Å²) in [6.07, 6.45) is 6.09. The number of carbonyl (C=O) groups excluding carboxylic acids is 1. The van der Waals surface area contributed by atoms with Gasteiger partial charge in [0, 0.05) is 0 Å². The molecule has 1 N–H and O–H groups in total. The van der Waals surface area contributed by atoms with Crippen molar-refractivity contribution in [2.45, 2.75) is 51.5 Å². The van der Waals surface area contributed by atoms with Crippen LogP contribution in [0.4, 0.5) is 0 Å². The monoisotopic (exact) mass is 270 g/mol. The molecule has 1 saturated carbocycles. The Morgan fingerprint density at radius 1 is 1.35 bits per heavy atom. The maximum atomic E-state index is 12.1. The van der Waals surface area contributed by atoms with E-state index in [-0.39, 0.29) is 11.9 Å². The first-order valence-corrected chi connectivity index (χ1v) is 7.44. The van der Waals surface area contributed by atoms with Crippen LogP contribution in [-0.4, -0.2) is 11.9 Å². The highest BCUT2D eigenvalue weighted by molar-refractivity contribution is 5.79. The molecule has 0 bridgehead atoms. The van der Waals surface area contributed by atoms with E-state index in [4.69, 9.17) is 0 Å². The van der Waals surface area contributed by atoms with Gasteiger partial charge in [-0.05, 0) is 36.8 Å². The van der Waals surface area contributed by atoms with Crippen LogP contribution in [0.15, 0.2) is 24.3 Å². The van der Waals surface area contributed by atoms with E-state index in [0.717, 1.165) is 24.0 Å². The van der Waals surface area contributed by atoms with Crippen molar-refractivity contribution in [3.8, 4) is 6.07 Å². The Balaban J connectivity index is 1.92. The summed E-state index contributed by atoms with van der Waals surface area (Å²) < 4.78 is 0. The molecule has 0 saturated heterocycles. The average Bonchev–Trinajstić information content (AvgIpc) is 2.48. The zero-order valence-electron chi connectivity index (χ0n) is 12.1. The van der Waals surface area contributed by atoms with Crippen LogP contribution in [0.25, 0.3) is 0 Å². The van der Waals surface area contributed by atoms with Gasteiger partial charge in [0.2, 0.25) is 5.91 Å². The number of benzene rings is 1. The first kappa shape index (κ1) is 14.6. The minimum absolute atomic E-state index is 0.0450. The highest BCUT2D eigenvalue weighted by Gasteiger charge is 2.24. The van der Waals surface area contributed by atoms with Crippen molar-refractivity contribution in [1.29, 1.82) is 5.26 Å². The Hall–Kier alpha value is -1.82. The fourth-order valence-electron chi connectivity index (χ4n) is 2.93. The van der Waals surface area contributed by atoms with Gasteiger partial charge in [-0.1, -0.05) is 43.5 Å². The van der Waals surface area contributed by atoms with Crippen LogP contribution in [0.3, 0.4) is 0 Å². The van der Waals surface area contributed by atoms with Crippen molar-refractivity contribution in [3.63, 3.8) is 0 Å². The number of hydrogen-bond donors (Lipinski definition) is 1. The summed E-state index contributed by atoms with van der Waals surface area (Å²) in [5.41, 5.74) is 2.15.